The van der Waals surface area contributed by atoms with E-state index in [1.54, 1.807) is 0 Å². The van der Waals surface area contributed by atoms with Gasteiger partial charge in [-0.25, -0.2) is 0 Å². The van der Waals surface area contributed by atoms with Crippen molar-refractivity contribution in [1.29, 1.82) is 0 Å². The summed E-state index contributed by atoms with van der Waals surface area (Å²) >= 11 is 0. The Hall–Kier alpha value is -0.570. The highest BCUT2D eigenvalue weighted by Crippen LogP contribution is 2.41. The maximum atomic E-state index is 11.5. The minimum Gasteiger partial charge on any atom is -0.481 e. The van der Waals surface area contributed by atoms with Gasteiger partial charge in [0.15, 0.2) is 0 Å². The van der Waals surface area contributed by atoms with Crippen LogP contribution in [0.2, 0.25) is 0 Å². The minimum absolute atomic E-state index is 0.292. The zero-order valence-corrected chi connectivity index (χ0v) is 9.67. The summed E-state index contributed by atoms with van der Waals surface area (Å²) in [5, 5.41) is 9.43. The molecule has 0 aliphatic heterocycles. The molecule has 0 aromatic rings. The van der Waals surface area contributed by atoms with Crippen molar-refractivity contribution in [3.8, 4) is 0 Å². The summed E-state index contributed by atoms with van der Waals surface area (Å²) in [7, 11) is 0. The Morgan fingerprint density at radius 2 is 2.00 bits per heavy atom. The van der Waals surface area contributed by atoms with Gasteiger partial charge >= 0.3 is 5.97 Å². The van der Waals surface area contributed by atoms with Crippen LogP contribution in [0, 0.1) is 11.3 Å². The predicted molar refractivity (Wildman–Crippen MR) is 60.6 cm³/mol. The maximum Gasteiger partial charge on any atom is 0.311 e. The second-order valence-corrected chi connectivity index (χ2v) is 4.75. The number of carboxylic acids is 1. The van der Waals surface area contributed by atoms with Gasteiger partial charge in [0.2, 0.25) is 0 Å². The first kappa shape index (κ1) is 12.5. The molecule has 0 bridgehead atoms. The highest BCUT2D eigenvalue weighted by atomic mass is 16.4. The number of hydrogen-bond donors (Lipinski definition) is 2. The largest absolute Gasteiger partial charge is 0.481 e. The third-order valence-electron chi connectivity index (χ3n) is 3.87. The van der Waals surface area contributed by atoms with Crippen LogP contribution in [-0.2, 0) is 4.79 Å². The molecule has 0 radical (unpaired) electrons. The summed E-state index contributed by atoms with van der Waals surface area (Å²) in [6, 6.07) is 0. The average molecular weight is 213 g/mol. The first-order chi connectivity index (χ1) is 7.17. The van der Waals surface area contributed by atoms with E-state index in [1.165, 1.54) is 19.3 Å². The van der Waals surface area contributed by atoms with E-state index in [-0.39, 0.29) is 0 Å². The molecular formula is C12H23NO2. The molecule has 88 valence electrons. The van der Waals surface area contributed by atoms with Gasteiger partial charge in [0, 0.05) is 6.54 Å². The normalized spacial score (nSPS) is 22.3. The van der Waals surface area contributed by atoms with Crippen molar-refractivity contribution in [2.45, 2.75) is 51.9 Å². The third-order valence-corrected chi connectivity index (χ3v) is 3.87. The Bertz CT molecular complexity index is 212. The number of aliphatic carboxylic acids is 1. The topological polar surface area (TPSA) is 63.3 Å². The molecule has 3 N–H and O–H groups in total. The van der Waals surface area contributed by atoms with Crippen LogP contribution < -0.4 is 5.73 Å². The number of carbonyl (C=O) groups is 1. The van der Waals surface area contributed by atoms with Gasteiger partial charge in [-0.2, -0.15) is 0 Å². The highest BCUT2D eigenvalue weighted by Gasteiger charge is 2.43. The van der Waals surface area contributed by atoms with Crippen LogP contribution >= 0.6 is 0 Å². The Morgan fingerprint density at radius 1 is 1.40 bits per heavy atom. The molecule has 1 unspecified atom stereocenters. The molecule has 0 saturated heterocycles. The standard InChI is InChI=1S/C12H23NO2/c1-2-8-12(9-13,11(14)15)10-6-4-3-5-7-10/h10H,2-9,13H2,1H3,(H,14,15). The fourth-order valence-corrected chi connectivity index (χ4v) is 2.94. The van der Waals surface area contributed by atoms with Crippen molar-refractivity contribution >= 4 is 5.97 Å². The van der Waals surface area contributed by atoms with Gasteiger partial charge in [-0.15, -0.1) is 0 Å². The van der Waals surface area contributed by atoms with Crippen LogP contribution in [0.5, 0.6) is 0 Å². The SMILES string of the molecule is CCCC(CN)(C(=O)O)C1CCCCC1. The van der Waals surface area contributed by atoms with Gasteiger partial charge in [0.1, 0.15) is 0 Å². The molecule has 1 aliphatic carbocycles. The van der Waals surface area contributed by atoms with Gasteiger partial charge in [-0.3, -0.25) is 4.79 Å². The smallest absolute Gasteiger partial charge is 0.311 e. The Kier molecular flexibility index (Phi) is 4.58. The summed E-state index contributed by atoms with van der Waals surface area (Å²) in [6.45, 7) is 2.33. The van der Waals surface area contributed by atoms with Gasteiger partial charge in [0.05, 0.1) is 5.41 Å². The number of nitrogens with two attached hydrogens (primary N) is 1. The molecule has 15 heavy (non-hydrogen) atoms. The van der Waals surface area contributed by atoms with Crippen molar-refractivity contribution < 1.29 is 9.90 Å². The lowest BCUT2D eigenvalue weighted by Gasteiger charge is -2.38. The van der Waals surface area contributed by atoms with E-state index >= 15 is 0 Å². The van der Waals surface area contributed by atoms with Crippen molar-refractivity contribution in [2.75, 3.05) is 6.54 Å². The fraction of sp³-hybridized carbons (Fsp3) is 0.917. The van der Waals surface area contributed by atoms with Crippen LogP contribution in [0.25, 0.3) is 0 Å². The Balaban J connectivity index is 2.80. The minimum atomic E-state index is -0.682. The van der Waals surface area contributed by atoms with Gasteiger partial charge < -0.3 is 10.8 Å². The zero-order valence-electron chi connectivity index (χ0n) is 9.67. The van der Waals surface area contributed by atoms with E-state index < -0.39 is 11.4 Å². The molecule has 1 fully saturated rings. The molecule has 1 atom stereocenters. The monoisotopic (exact) mass is 213 g/mol. The van der Waals surface area contributed by atoms with Gasteiger partial charge in [-0.1, -0.05) is 32.6 Å². The summed E-state index contributed by atoms with van der Waals surface area (Å²) in [4.78, 5) is 11.5. The molecule has 1 rings (SSSR count). The van der Waals surface area contributed by atoms with E-state index in [9.17, 15) is 9.90 Å². The third kappa shape index (κ3) is 2.51. The lowest BCUT2D eigenvalue weighted by Crippen LogP contribution is -2.45. The molecule has 0 spiro atoms. The first-order valence-corrected chi connectivity index (χ1v) is 6.11. The second-order valence-electron chi connectivity index (χ2n) is 4.75. The van der Waals surface area contributed by atoms with Crippen LogP contribution in [-0.4, -0.2) is 17.6 Å². The second kappa shape index (κ2) is 5.50. The quantitative estimate of drug-likeness (QED) is 0.737. The molecule has 3 nitrogen and oxygen atoms in total. The van der Waals surface area contributed by atoms with Crippen LogP contribution in [0.3, 0.4) is 0 Å². The van der Waals surface area contributed by atoms with Crippen LogP contribution in [0.4, 0.5) is 0 Å². The number of rotatable bonds is 5. The van der Waals surface area contributed by atoms with E-state index in [2.05, 4.69) is 0 Å². The Morgan fingerprint density at radius 3 is 2.40 bits per heavy atom. The summed E-state index contributed by atoms with van der Waals surface area (Å²) in [5.74, 6) is -0.382. The predicted octanol–water partition coefficient (Wildman–Crippen LogP) is 2.40. The summed E-state index contributed by atoms with van der Waals surface area (Å²) < 4.78 is 0. The maximum absolute atomic E-state index is 11.5. The van der Waals surface area contributed by atoms with Crippen molar-refractivity contribution in [3.63, 3.8) is 0 Å². The number of carboxylic acid groups (broad SMARTS) is 1. The molecule has 3 heteroatoms. The molecule has 0 aromatic heterocycles. The van der Waals surface area contributed by atoms with E-state index in [0.717, 1.165) is 25.7 Å². The van der Waals surface area contributed by atoms with E-state index in [0.29, 0.717) is 12.5 Å². The molecule has 0 amide bonds. The molecule has 1 aliphatic rings. The lowest BCUT2D eigenvalue weighted by molar-refractivity contribution is -0.153. The first-order valence-electron chi connectivity index (χ1n) is 6.11. The molecular weight excluding hydrogens is 190 g/mol. The molecule has 0 aromatic carbocycles. The highest BCUT2D eigenvalue weighted by molar-refractivity contribution is 5.75. The molecule has 1 saturated carbocycles. The van der Waals surface area contributed by atoms with Crippen molar-refractivity contribution in [3.05, 3.63) is 0 Å². The van der Waals surface area contributed by atoms with Gasteiger partial charge in [-0.05, 0) is 25.2 Å². The summed E-state index contributed by atoms with van der Waals surface area (Å²) in [6.07, 6.45) is 7.31. The van der Waals surface area contributed by atoms with Gasteiger partial charge in [0.25, 0.3) is 0 Å². The Labute approximate surface area is 92.0 Å². The van der Waals surface area contributed by atoms with Crippen molar-refractivity contribution in [2.24, 2.45) is 17.1 Å². The summed E-state index contributed by atoms with van der Waals surface area (Å²) in [5.41, 5.74) is 5.10. The van der Waals surface area contributed by atoms with E-state index in [4.69, 9.17) is 5.73 Å². The van der Waals surface area contributed by atoms with Crippen LogP contribution in [0.1, 0.15) is 51.9 Å². The number of hydrogen-bond acceptors (Lipinski definition) is 2. The van der Waals surface area contributed by atoms with Crippen LogP contribution in [0.15, 0.2) is 0 Å². The fourth-order valence-electron chi connectivity index (χ4n) is 2.94. The van der Waals surface area contributed by atoms with Crippen molar-refractivity contribution in [1.82, 2.24) is 0 Å². The zero-order chi connectivity index (χ0) is 11.3. The van der Waals surface area contributed by atoms with E-state index in [1.807, 2.05) is 6.92 Å². The lowest BCUT2D eigenvalue weighted by atomic mass is 9.66. The average Bonchev–Trinajstić information content (AvgIpc) is 2.26. The molecule has 0 heterocycles.